The van der Waals surface area contributed by atoms with Gasteiger partial charge in [-0.3, -0.25) is 10.1 Å². The van der Waals surface area contributed by atoms with Gasteiger partial charge in [0.2, 0.25) is 0 Å². The Morgan fingerprint density at radius 2 is 2.44 bits per heavy atom. The van der Waals surface area contributed by atoms with Crippen molar-refractivity contribution in [3.8, 4) is 6.07 Å². The molecule has 1 aromatic rings. The van der Waals surface area contributed by atoms with Crippen molar-refractivity contribution in [2.45, 2.75) is 30.3 Å². The van der Waals surface area contributed by atoms with Gasteiger partial charge in [-0.05, 0) is 30.5 Å². The highest BCUT2D eigenvalue weighted by molar-refractivity contribution is 6.31. The SMILES string of the molecule is N#Cc1cc(F)[c]cc1CC(Cl)(C=O)NC1CC1. The van der Waals surface area contributed by atoms with Crippen LogP contribution in [0.1, 0.15) is 24.0 Å². The number of aldehydes is 1. The Bertz CT molecular complexity index is 510. The summed E-state index contributed by atoms with van der Waals surface area (Å²) in [6.45, 7) is 0. The van der Waals surface area contributed by atoms with Gasteiger partial charge in [-0.15, -0.1) is 0 Å². The van der Waals surface area contributed by atoms with Gasteiger partial charge >= 0.3 is 0 Å². The maximum atomic E-state index is 12.9. The fourth-order valence-corrected chi connectivity index (χ4v) is 2.01. The summed E-state index contributed by atoms with van der Waals surface area (Å²) in [5, 5.41) is 11.9. The molecule has 1 N–H and O–H groups in total. The van der Waals surface area contributed by atoms with E-state index < -0.39 is 10.8 Å². The zero-order chi connectivity index (χ0) is 13.2. The Hall–Kier alpha value is -1.44. The van der Waals surface area contributed by atoms with E-state index in [0.29, 0.717) is 11.8 Å². The number of carbonyl (C=O) groups is 1. The van der Waals surface area contributed by atoms with E-state index >= 15 is 0 Å². The maximum absolute atomic E-state index is 12.9. The number of nitriles is 1. The Kier molecular flexibility index (Phi) is 3.65. The molecule has 1 radical (unpaired) electrons. The van der Waals surface area contributed by atoms with Gasteiger partial charge in [0, 0.05) is 18.5 Å². The zero-order valence-corrected chi connectivity index (χ0v) is 10.3. The number of hydrogen-bond donors (Lipinski definition) is 1. The highest BCUT2D eigenvalue weighted by Crippen LogP contribution is 2.27. The monoisotopic (exact) mass is 265 g/mol. The lowest BCUT2D eigenvalue weighted by Gasteiger charge is -2.22. The Morgan fingerprint density at radius 1 is 1.72 bits per heavy atom. The molecule has 1 atom stereocenters. The first-order valence-electron chi connectivity index (χ1n) is 5.59. The minimum absolute atomic E-state index is 0.133. The topological polar surface area (TPSA) is 52.9 Å². The Labute approximate surface area is 110 Å². The van der Waals surface area contributed by atoms with Gasteiger partial charge in [0.15, 0.2) is 11.3 Å². The standard InChI is InChI=1S/C13H11ClFN2O/c14-13(8-18,17-12-3-4-12)6-9-1-2-11(15)5-10(9)7-16/h1,5,8,12,17H,3-4,6H2. The highest BCUT2D eigenvalue weighted by Gasteiger charge is 2.35. The Morgan fingerprint density at radius 3 is 3.00 bits per heavy atom. The third kappa shape index (κ3) is 3.06. The van der Waals surface area contributed by atoms with Crippen molar-refractivity contribution in [1.29, 1.82) is 5.26 Å². The van der Waals surface area contributed by atoms with E-state index in [4.69, 9.17) is 16.9 Å². The Balaban J connectivity index is 2.20. The lowest BCUT2D eigenvalue weighted by Crippen LogP contribution is -2.44. The molecule has 93 valence electrons. The van der Waals surface area contributed by atoms with Gasteiger partial charge in [-0.1, -0.05) is 11.6 Å². The van der Waals surface area contributed by atoms with Gasteiger partial charge in [0.25, 0.3) is 0 Å². The summed E-state index contributed by atoms with van der Waals surface area (Å²) in [4.78, 5) is 9.86. The second-order valence-electron chi connectivity index (χ2n) is 4.41. The molecule has 5 heteroatoms. The first-order valence-corrected chi connectivity index (χ1v) is 5.97. The van der Waals surface area contributed by atoms with Gasteiger partial charge < -0.3 is 0 Å². The summed E-state index contributed by atoms with van der Waals surface area (Å²) >= 11 is 6.17. The number of nitrogens with one attached hydrogen (secondary N) is 1. The predicted octanol–water partition coefficient (Wildman–Crippen LogP) is 1.93. The van der Waals surface area contributed by atoms with E-state index in [1.54, 1.807) is 0 Å². The molecule has 1 aromatic carbocycles. The number of alkyl halides is 1. The number of rotatable bonds is 5. The van der Waals surface area contributed by atoms with Crippen LogP contribution >= 0.6 is 11.6 Å². The number of nitrogens with zero attached hydrogens (tertiary/aromatic N) is 1. The third-order valence-electron chi connectivity index (χ3n) is 2.78. The van der Waals surface area contributed by atoms with E-state index in [0.717, 1.165) is 18.9 Å². The zero-order valence-electron chi connectivity index (χ0n) is 9.54. The van der Waals surface area contributed by atoms with Crippen molar-refractivity contribution in [2.75, 3.05) is 0 Å². The van der Waals surface area contributed by atoms with Crippen LogP contribution in [0.4, 0.5) is 4.39 Å². The number of halogens is 2. The molecule has 0 aromatic heterocycles. The summed E-state index contributed by atoms with van der Waals surface area (Å²) in [6, 6.07) is 6.97. The van der Waals surface area contributed by atoms with E-state index in [-0.39, 0.29) is 18.0 Å². The fourth-order valence-electron chi connectivity index (χ4n) is 1.72. The van der Waals surface area contributed by atoms with Gasteiger partial charge in [-0.2, -0.15) is 5.26 Å². The molecule has 0 amide bonds. The maximum Gasteiger partial charge on any atom is 0.155 e. The van der Waals surface area contributed by atoms with E-state index in [1.165, 1.54) is 6.07 Å². The van der Waals surface area contributed by atoms with Crippen molar-refractivity contribution in [3.63, 3.8) is 0 Å². The van der Waals surface area contributed by atoms with Gasteiger partial charge in [0.1, 0.15) is 5.82 Å². The van der Waals surface area contributed by atoms with Gasteiger partial charge in [0.05, 0.1) is 11.6 Å². The smallest absolute Gasteiger partial charge is 0.155 e. The molecule has 3 nitrogen and oxygen atoms in total. The minimum atomic E-state index is -1.24. The van der Waals surface area contributed by atoms with Crippen LogP contribution in [0, 0.1) is 23.2 Å². The average molecular weight is 266 g/mol. The largest absolute Gasteiger partial charge is 0.300 e. The quantitative estimate of drug-likeness (QED) is 0.503. The fraction of sp³-hybridized carbons (Fsp3) is 0.385. The summed E-state index contributed by atoms with van der Waals surface area (Å²) < 4.78 is 12.9. The molecule has 1 saturated carbocycles. The van der Waals surface area contributed by atoms with Crippen molar-refractivity contribution in [3.05, 3.63) is 35.1 Å². The van der Waals surface area contributed by atoms with Crippen LogP contribution in [-0.2, 0) is 11.2 Å². The lowest BCUT2D eigenvalue weighted by molar-refractivity contribution is -0.110. The molecule has 1 aliphatic rings. The summed E-state index contributed by atoms with van der Waals surface area (Å²) in [5.74, 6) is -0.600. The molecule has 0 spiro atoms. The molecule has 1 fully saturated rings. The second kappa shape index (κ2) is 5.05. The summed E-state index contributed by atoms with van der Waals surface area (Å²) in [5.41, 5.74) is 0.685. The molecule has 2 rings (SSSR count). The lowest BCUT2D eigenvalue weighted by atomic mass is 10.0. The third-order valence-corrected chi connectivity index (χ3v) is 3.11. The first-order chi connectivity index (χ1) is 8.56. The molecule has 18 heavy (non-hydrogen) atoms. The van der Waals surface area contributed by atoms with E-state index in [2.05, 4.69) is 11.4 Å². The molecule has 0 heterocycles. The van der Waals surface area contributed by atoms with Crippen LogP contribution in [0.25, 0.3) is 0 Å². The summed E-state index contributed by atoms with van der Waals surface area (Å²) in [7, 11) is 0. The molecular weight excluding hydrogens is 255 g/mol. The molecular formula is C13H11ClFN2O. The number of carbonyl (C=O) groups excluding carboxylic acids is 1. The normalized spacial score (nSPS) is 17.8. The highest BCUT2D eigenvalue weighted by atomic mass is 35.5. The van der Waals surface area contributed by atoms with Crippen LogP contribution in [0.5, 0.6) is 0 Å². The number of hydrogen-bond acceptors (Lipinski definition) is 3. The van der Waals surface area contributed by atoms with Crippen LogP contribution < -0.4 is 5.32 Å². The van der Waals surface area contributed by atoms with Gasteiger partial charge in [-0.25, -0.2) is 4.39 Å². The molecule has 1 unspecified atom stereocenters. The van der Waals surface area contributed by atoms with E-state index in [1.807, 2.05) is 6.07 Å². The second-order valence-corrected chi connectivity index (χ2v) is 5.08. The molecule has 0 aliphatic heterocycles. The van der Waals surface area contributed by atoms with Crippen LogP contribution in [0.2, 0.25) is 0 Å². The number of benzene rings is 1. The van der Waals surface area contributed by atoms with E-state index in [9.17, 15) is 9.18 Å². The molecule has 1 aliphatic carbocycles. The molecule has 0 saturated heterocycles. The minimum Gasteiger partial charge on any atom is -0.300 e. The van der Waals surface area contributed by atoms with Crippen LogP contribution in [0.15, 0.2) is 12.1 Å². The van der Waals surface area contributed by atoms with Crippen molar-refractivity contribution >= 4 is 17.9 Å². The van der Waals surface area contributed by atoms with Crippen molar-refractivity contribution in [2.24, 2.45) is 0 Å². The molecule has 0 bridgehead atoms. The summed E-state index contributed by atoms with van der Waals surface area (Å²) in [6.07, 6.45) is 2.73. The van der Waals surface area contributed by atoms with Crippen LogP contribution in [-0.4, -0.2) is 17.3 Å². The van der Waals surface area contributed by atoms with Crippen molar-refractivity contribution < 1.29 is 9.18 Å². The average Bonchev–Trinajstić information content (AvgIpc) is 3.15. The van der Waals surface area contributed by atoms with Crippen LogP contribution in [0.3, 0.4) is 0 Å². The van der Waals surface area contributed by atoms with Crippen molar-refractivity contribution in [1.82, 2.24) is 5.32 Å². The first kappa shape index (κ1) is 13.0. The predicted molar refractivity (Wildman–Crippen MR) is 64.5 cm³/mol.